The van der Waals surface area contributed by atoms with Crippen molar-refractivity contribution in [3.05, 3.63) is 0 Å². The van der Waals surface area contributed by atoms with Gasteiger partial charge in [0.2, 0.25) is 0 Å². The monoisotopic (exact) mass is 198 g/mol. The van der Waals surface area contributed by atoms with Crippen molar-refractivity contribution in [1.29, 1.82) is 0 Å². The van der Waals surface area contributed by atoms with Crippen molar-refractivity contribution in [1.82, 2.24) is 10.6 Å². The molecule has 3 N–H and O–H groups in total. The number of aliphatic hydroxyl groups excluding tert-OH is 1. The van der Waals surface area contributed by atoms with E-state index >= 15 is 0 Å². The van der Waals surface area contributed by atoms with E-state index in [0.717, 1.165) is 18.3 Å². The molecule has 2 fully saturated rings. The molecule has 1 saturated carbocycles. The average Bonchev–Trinajstić information content (AvgIpc) is 2.95. The van der Waals surface area contributed by atoms with E-state index in [1.807, 2.05) is 7.05 Å². The summed E-state index contributed by atoms with van der Waals surface area (Å²) in [4.78, 5) is 0. The highest BCUT2D eigenvalue weighted by Crippen LogP contribution is 2.52. The van der Waals surface area contributed by atoms with Crippen LogP contribution in [-0.4, -0.2) is 37.4 Å². The number of rotatable bonds is 4. The number of piperidine rings is 1. The average molecular weight is 198 g/mol. The van der Waals surface area contributed by atoms with Crippen LogP contribution in [-0.2, 0) is 0 Å². The second-order valence-electron chi connectivity index (χ2n) is 4.78. The van der Waals surface area contributed by atoms with Crippen LogP contribution >= 0.6 is 0 Å². The molecule has 0 spiro atoms. The summed E-state index contributed by atoms with van der Waals surface area (Å²) in [6.45, 7) is 2.68. The van der Waals surface area contributed by atoms with Crippen molar-refractivity contribution in [3.63, 3.8) is 0 Å². The molecular weight excluding hydrogens is 176 g/mol. The van der Waals surface area contributed by atoms with E-state index in [1.54, 1.807) is 0 Å². The van der Waals surface area contributed by atoms with Crippen molar-refractivity contribution in [2.24, 2.45) is 11.8 Å². The van der Waals surface area contributed by atoms with Crippen LogP contribution < -0.4 is 10.6 Å². The summed E-state index contributed by atoms with van der Waals surface area (Å²) in [5.74, 6) is 1.71. The molecule has 0 radical (unpaired) electrons. The fourth-order valence-corrected chi connectivity index (χ4v) is 3.10. The van der Waals surface area contributed by atoms with Crippen LogP contribution in [0, 0.1) is 11.8 Å². The van der Waals surface area contributed by atoms with Gasteiger partial charge in [0.1, 0.15) is 0 Å². The van der Waals surface area contributed by atoms with Gasteiger partial charge >= 0.3 is 0 Å². The molecule has 1 heterocycles. The van der Waals surface area contributed by atoms with Crippen molar-refractivity contribution in [2.45, 2.75) is 31.2 Å². The summed E-state index contributed by atoms with van der Waals surface area (Å²) in [5, 5.41) is 15.9. The molecule has 0 aromatic rings. The van der Waals surface area contributed by atoms with Crippen molar-refractivity contribution >= 4 is 0 Å². The fourth-order valence-electron chi connectivity index (χ4n) is 3.10. The van der Waals surface area contributed by atoms with Gasteiger partial charge in [-0.3, -0.25) is 0 Å². The van der Waals surface area contributed by atoms with E-state index in [2.05, 4.69) is 10.6 Å². The maximum Gasteiger partial charge on any atom is 0.0448 e. The molecule has 0 aromatic carbocycles. The Bertz CT molecular complexity index is 192. The third-order valence-corrected chi connectivity index (χ3v) is 4.14. The zero-order valence-electron chi connectivity index (χ0n) is 9.05. The van der Waals surface area contributed by atoms with Crippen LogP contribution in [0.4, 0.5) is 0 Å². The summed E-state index contributed by atoms with van der Waals surface area (Å²) >= 11 is 0. The Balaban J connectivity index is 1.87. The standard InChI is InChI=1S/C11H22N2O/c1-12-11(4-7-14)8-10(11)9-2-5-13-6-3-9/h9-10,12-14H,2-8H2,1H3. The number of hydrogen-bond donors (Lipinski definition) is 3. The lowest BCUT2D eigenvalue weighted by molar-refractivity contribution is 0.236. The maximum atomic E-state index is 9.04. The van der Waals surface area contributed by atoms with Crippen molar-refractivity contribution < 1.29 is 5.11 Å². The normalized spacial score (nSPS) is 38.6. The van der Waals surface area contributed by atoms with Crippen LogP contribution in [0.3, 0.4) is 0 Å². The quantitative estimate of drug-likeness (QED) is 0.610. The Morgan fingerprint density at radius 2 is 2.14 bits per heavy atom. The first-order valence-electron chi connectivity index (χ1n) is 5.83. The summed E-state index contributed by atoms with van der Waals surface area (Å²) in [6, 6.07) is 0. The van der Waals surface area contributed by atoms with E-state index in [1.165, 1.54) is 32.4 Å². The number of hydrogen-bond acceptors (Lipinski definition) is 3. The summed E-state index contributed by atoms with van der Waals surface area (Å²) in [5.41, 5.74) is 0.288. The minimum absolute atomic E-state index is 0.288. The highest BCUT2D eigenvalue weighted by molar-refractivity contribution is 5.11. The molecule has 3 nitrogen and oxygen atoms in total. The molecule has 82 valence electrons. The third kappa shape index (κ3) is 1.81. The molecular formula is C11H22N2O. The Morgan fingerprint density at radius 3 is 2.71 bits per heavy atom. The topological polar surface area (TPSA) is 44.3 Å². The predicted molar refractivity (Wildman–Crippen MR) is 57.2 cm³/mol. The summed E-state index contributed by atoms with van der Waals surface area (Å²) < 4.78 is 0. The van der Waals surface area contributed by atoms with Gasteiger partial charge in [-0.15, -0.1) is 0 Å². The van der Waals surface area contributed by atoms with E-state index < -0.39 is 0 Å². The molecule has 0 amide bonds. The van der Waals surface area contributed by atoms with Gasteiger partial charge in [-0.25, -0.2) is 0 Å². The van der Waals surface area contributed by atoms with E-state index in [4.69, 9.17) is 5.11 Å². The van der Waals surface area contributed by atoms with Crippen LogP contribution in [0.1, 0.15) is 25.7 Å². The first-order chi connectivity index (χ1) is 6.82. The molecule has 2 rings (SSSR count). The van der Waals surface area contributed by atoms with Gasteiger partial charge in [0.25, 0.3) is 0 Å². The van der Waals surface area contributed by atoms with Crippen LogP contribution in [0.25, 0.3) is 0 Å². The molecule has 3 heteroatoms. The first-order valence-corrected chi connectivity index (χ1v) is 5.83. The molecule has 1 aliphatic heterocycles. The smallest absolute Gasteiger partial charge is 0.0448 e. The van der Waals surface area contributed by atoms with Gasteiger partial charge in [0, 0.05) is 12.1 Å². The van der Waals surface area contributed by atoms with Crippen LogP contribution in [0.15, 0.2) is 0 Å². The third-order valence-electron chi connectivity index (χ3n) is 4.14. The lowest BCUT2D eigenvalue weighted by Crippen LogP contribution is -2.36. The molecule has 1 saturated heterocycles. The first kappa shape index (κ1) is 10.4. The highest BCUT2D eigenvalue weighted by Gasteiger charge is 2.55. The number of nitrogens with one attached hydrogen (secondary N) is 2. The van der Waals surface area contributed by atoms with Gasteiger partial charge in [-0.2, -0.15) is 0 Å². The van der Waals surface area contributed by atoms with Gasteiger partial charge in [0.05, 0.1) is 0 Å². The lowest BCUT2D eigenvalue weighted by Gasteiger charge is -2.26. The predicted octanol–water partition coefficient (Wildman–Crippen LogP) is 0.346. The molecule has 0 aromatic heterocycles. The SMILES string of the molecule is CNC1(CCO)CC1C1CCNCC1. The van der Waals surface area contributed by atoms with Crippen LogP contribution in [0.5, 0.6) is 0 Å². The van der Waals surface area contributed by atoms with E-state index in [0.29, 0.717) is 6.61 Å². The highest BCUT2D eigenvalue weighted by atomic mass is 16.3. The molecule has 2 unspecified atom stereocenters. The van der Waals surface area contributed by atoms with Gasteiger partial charge in [-0.1, -0.05) is 0 Å². The van der Waals surface area contributed by atoms with Crippen LogP contribution in [0.2, 0.25) is 0 Å². The Kier molecular flexibility index (Phi) is 3.10. The second-order valence-corrected chi connectivity index (χ2v) is 4.78. The Morgan fingerprint density at radius 1 is 1.43 bits per heavy atom. The van der Waals surface area contributed by atoms with E-state index in [9.17, 15) is 0 Å². The zero-order chi connectivity index (χ0) is 10.0. The summed E-state index contributed by atoms with van der Waals surface area (Å²) in [6.07, 6.45) is 4.84. The minimum Gasteiger partial charge on any atom is -0.396 e. The molecule has 0 bridgehead atoms. The fraction of sp³-hybridized carbons (Fsp3) is 1.00. The lowest BCUT2D eigenvalue weighted by atomic mass is 9.90. The van der Waals surface area contributed by atoms with Gasteiger partial charge < -0.3 is 15.7 Å². The Hall–Kier alpha value is -0.120. The molecule has 2 atom stereocenters. The minimum atomic E-state index is 0.288. The second kappa shape index (κ2) is 4.17. The number of aliphatic hydroxyl groups is 1. The molecule has 1 aliphatic carbocycles. The maximum absolute atomic E-state index is 9.04. The molecule has 14 heavy (non-hydrogen) atoms. The summed E-state index contributed by atoms with van der Waals surface area (Å²) in [7, 11) is 2.04. The van der Waals surface area contributed by atoms with Crippen molar-refractivity contribution in [3.8, 4) is 0 Å². The molecule has 2 aliphatic rings. The van der Waals surface area contributed by atoms with E-state index in [-0.39, 0.29) is 5.54 Å². The van der Waals surface area contributed by atoms with Gasteiger partial charge in [-0.05, 0) is 57.7 Å². The Labute approximate surface area is 86.3 Å². The zero-order valence-corrected chi connectivity index (χ0v) is 9.05. The van der Waals surface area contributed by atoms with Crippen molar-refractivity contribution in [2.75, 3.05) is 26.7 Å². The largest absolute Gasteiger partial charge is 0.396 e. The van der Waals surface area contributed by atoms with Gasteiger partial charge in [0.15, 0.2) is 0 Å².